The lowest BCUT2D eigenvalue weighted by atomic mass is 10.1. The Labute approximate surface area is 155 Å². The third kappa shape index (κ3) is 5.79. The average Bonchev–Trinajstić information content (AvgIpc) is 3.10. The van der Waals surface area contributed by atoms with E-state index in [9.17, 15) is 9.59 Å². The van der Waals surface area contributed by atoms with Crippen molar-refractivity contribution in [2.45, 2.75) is 31.4 Å². The summed E-state index contributed by atoms with van der Waals surface area (Å²) in [5.41, 5.74) is 0.526. The Morgan fingerprint density at radius 2 is 2.21 bits per heavy atom. The molecule has 1 aromatic carbocycles. The Bertz CT molecular complexity index is 565. The molecule has 2 rings (SSSR count). The van der Waals surface area contributed by atoms with Gasteiger partial charge in [-0.15, -0.1) is 0 Å². The molecule has 1 heterocycles. The van der Waals surface area contributed by atoms with E-state index in [-0.39, 0.29) is 17.9 Å². The number of carbonyl (C=O) groups excluding carboxylic acids is 2. The van der Waals surface area contributed by atoms with Gasteiger partial charge >= 0.3 is 0 Å². The predicted octanol–water partition coefficient (Wildman–Crippen LogP) is 2.60. The standard InChI is InChI=1S/C17H23BrN2O3S/c1-24-10-8-15(17(22)19-11-12-5-4-9-23-12)20-16(21)13-6-2-3-7-14(13)18/h2-3,6-7,12,15H,4-5,8-11H2,1H3,(H,19,22)(H,20,21)/t12-,15+/m1/s1. The van der Waals surface area contributed by atoms with E-state index in [4.69, 9.17) is 4.74 Å². The maximum absolute atomic E-state index is 12.5. The molecule has 0 saturated carbocycles. The summed E-state index contributed by atoms with van der Waals surface area (Å²) in [7, 11) is 0. The van der Waals surface area contributed by atoms with Crippen LogP contribution in [0.15, 0.2) is 28.7 Å². The number of ether oxygens (including phenoxy) is 1. The summed E-state index contributed by atoms with van der Waals surface area (Å²) in [6, 6.07) is 6.64. The number of hydrogen-bond donors (Lipinski definition) is 2. The third-order valence-electron chi connectivity index (χ3n) is 3.88. The van der Waals surface area contributed by atoms with E-state index < -0.39 is 6.04 Å². The Morgan fingerprint density at radius 3 is 2.88 bits per heavy atom. The first-order valence-electron chi connectivity index (χ1n) is 8.05. The quantitative estimate of drug-likeness (QED) is 0.685. The van der Waals surface area contributed by atoms with Gasteiger partial charge in [-0.25, -0.2) is 0 Å². The van der Waals surface area contributed by atoms with Crippen molar-refractivity contribution in [3.63, 3.8) is 0 Å². The van der Waals surface area contributed by atoms with Gasteiger partial charge in [-0.1, -0.05) is 12.1 Å². The molecule has 0 aliphatic carbocycles. The van der Waals surface area contributed by atoms with Gasteiger partial charge in [0.2, 0.25) is 5.91 Å². The number of benzene rings is 1. The maximum atomic E-state index is 12.5. The van der Waals surface area contributed by atoms with E-state index in [1.54, 1.807) is 23.9 Å². The molecule has 1 fully saturated rings. The van der Waals surface area contributed by atoms with Gasteiger partial charge < -0.3 is 15.4 Å². The highest BCUT2D eigenvalue weighted by molar-refractivity contribution is 9.10. The van der Waals surface area contributed by atoms with Crippen LogP contribution in [0.5, 0.6) is 0 Å². The fourth-order valence-corrected chi connectivity index (χ4v) is 3.47. The van der Waals surface area contributed by atoms with E-state index in [0.717, 1.165) is 25.2 Å². The second kappa shape index (κ2) is 10.1. The third-order valence-corrected chi connectivity index (χ3v) is 5.21. The minimum Gasteiger partial charge on any atom is -0.376 e. The summed E-state index contributed by atoms with van der Waals surface area (Å²) in [4.78, 5) is 24.9. The van der Waals surface area contributed by atoms with Gasteiger partial charge in [-0.05, 0) is 59.3 Å². The van der Waals surface area contributed by atoms with Crippen LogP contribution in [-0.2, 0) is 9.53 Å². The fraction of sp³-hybridized carbons (Fsp3) is 0.529. The average molecular weight is 415 g/mol. The van der Waals surface area contributed by atoms with Crippen molar-refractivity contribution >= 4 is 39.5 Å². The first-order valence-corrected chi connectivity index (χ1v) is 10.2. The SMILES string of the molecule is CSCC[C@H](NC(=O)c1ccccc1Br)C(=O)NC[C@H]1CCCO1. The fourth-order valence-electron chi connectivity index (χ4n) is 2.53. The molecule has 2 atom stereocenters. The van der Waals surface area contributed by atoms with Gasteiger partial charge in [0, 0.05) is 17.6 Å². The summed E-state index contributed by atoms with van der Waals surface area (Å²) >= 11 is 5.02. The van der Waals surface area contributed by atoms with Crippen molar-refractivity contribution in [2.24, 2.45) is 0 Å². The van der Waals surface area contributed by atoms with Crippen LogP contribution < -0.4 is 10.6 Å². The van der Waals surface area contributed by atoms with Crippen LogP contribution in [-0.4, -0.2) is 49.1 Å². The molecule has 0 radical (unpaired) electrons. The van der Waals surface area contributed by atoms with Crippen LogP contribution in [0.4, 0.5) is 0 Å². The molecule has 24 heavy (non-hydrogen) atoms. The second-order valence-corrected chi connectivity index (χ2v) is 7.51. The normalized spacial score (nSPS) is 18.2. The smallest absolute Gasteiger partial charge is 0.253 e. The van der Waals surface area contributed by atoms with Crippen molar-refractivity contribution in [3.05, 3.63) is 34.3 Å². The Kier molecular flexibility index (Phi) is 8.08. The number of thioether (sulfide) groups is 1. The van der Waals surface area contributed by atoms with Crippen molar-refractivity contribution < 1.29 is 14.3 Å². The largest absolute Gasteiger partial charge is 0.376 e. The van der Waals surface area contributed by atoms with Crippen LogP contribution in [0.2, 0.25) is 0 Å². The van der Waals surface area contributed by atoms with E-state index in [2.05, 4.69) is 26.6 Å². The highest BCUT2D eigenvalue weighted by Crippen LogP contribution is 2.16. The number of nitrogens with one attached hydrogen (secondary N) is 2. The minimum absolute atomic E-state index is 0.0918. The number of amides is 2. The molecule has 1 aromatic rings. The summed E-state index contributed by atoms with van der Waals surface area (Å²) < 4.78 is 6.23. The van der Waals surface area contributed by atoms with Crippen LogP contribution in [0.25, 0.3) is 0 Å². The molecular weight excluding hydrogens is 392 g/mol. The van der Waals surface area contributed by atoms with E-state index in [1.165, 1.54) is 0 Å². The molecule has 2 N–H and O–H groups in total. The van der Waals surface area contributed by atoms with E-state index in [0.29, 0.717) is 23.0 Å². The Hall–Kier alpha value is -1.05. The predicted molar refractivity (Wildman–Crippen MR) is 100 cm³/mol. The number of hydrogen-bond acceptors (Lipinski definition) is 4. The first-order chi connectivity index (χ1) is 11.6. The van der Waals surface area contributed by atoms with Gasteiger partial charge in [0.1, 0.15) is 6.04 Å². The zero-order valence-corrected chi connectivity index (χ0v) is 16.1. The van der Waals surface area contributed by atoms with Gasteiger partial charge in [-0.3, -0.25) is 9.59 Å². The number of halogens is 1. The van der Waals surface area contributed by atoms with Crippen molar-refractivity contribution in [2.75, 3.05) is 25.2 Å². The minimum atomic E-state index is -0.543. The van der Waals surface area contributed by atoms with Crippen LogP contribution in [0, 0.1) is 0 Å². The molecule has 0 aromatic heterocycles. The molecule has 0 spiro atoms. The van der Waals surface area contributed by atoms with Crippen LogP contribution in [0.3, 0.4) is 0 Å². The molecule has 0 unspecified atom stereocenters. The zero-order valence-electron chi connectivity index (χ0n) is 13.7. The van der Waals surface area contributed by atoms with Crippen LogP contribution >= 0.6 is 27.7 Å². The van der Waals surface area contributed by atoms with Gasteiger partial charge in [0.15, 0.2) is 0 Å². The molecular formula is C17H23BrN2O3S. The molecule has 132 valence electrons. The van der Waals surface area contributed by atoms with E-state index >= 15 is 0 Å². The monoisotopic (exact) mass is 414 g/mol. The van der Waals surface area contributed by atoms with Gasteiger partial charge in [0.05, 0.1) is 11.7 Å². The molecule has 1 aliphatic rings. The number of rotatable bonds is 8. The van der Waals surface area contributed by atoms with Crippen molar-refractivity contribution in [1.82, 2.24) is 10.6 Å². The summed E-state index contributed by atoms with van der Waals surface area (Å²) in [5, 5.41) is 5.75. The second-order valence-electron chi connectivity index (χ2n) is 5.67. The molecule has 1 saturated heterocycles. The molecule has 0 bridgehead atoms. The molecule has 1 aliphatic heterocycles. The summed E-state index contributed by atoms with van der Waals surface area (Å²) in [5.74, 6) is 0.398. The Morgan fingerprint density at radius 1 is 1.42 bits per heavy atom. The van der Waals surface area contributed by atoms with Gasteiger partial charge in [0.25, 0.3) is 5.91 Å². The topological polar surface area (TPSA) is 67.4 Å². The highest BCUT2D eigenvalue weighted by Gasteiger charge is 2.23. The van der Waals surface area contributed by atoms with Crippen LogP contribution in [0.1, 0.15) is 29.6 Å². The highest BCUT2D eigenvalue weighted by atomic mass is 79.9. The molecule has 7 heteroatoms. The molecule has 5 nitrogen and oxygen atoms in total. The number of carbonyl (C=O) groups is 2. The van der Waals surface area contributed by atoms with E-state index in [1.807, 2.05) is 18.4 Å². The summed E-state index contributed by atoms with van der Waals surface area (Å²) in [6.45, 7) is 1.26. The molecule has 2 amide bonds. The van der Waals surface area contributed by atoms with Gasteiger partial charge in [-0.2, -0.15) is 11.8 Å². The first kappa shape index (κ1) is 19.3. The maximum Gasteiger partial charge on any atom is 0.253 e. The lowest BCUT2D eigenvalue weighted by molar-refractivity contribution is -0.123. The summed E-state index contributed by atoms with van der Waals surface area (Å²) in [6.07, 6.45) is 4.68. The lowest BCUT2D eigenvalue weighted by Crippen LogP contribution is -2.48. The van der Waals surface area contributed by atoms with Crippen molar-refractivity contribution in [1.29, 1.82) is 0 Å². The zero-order chi connectivity index (χ0) is 17.4. The lowest BCUT2D eigenvalue weighted by Gasteiger charge is -2.20. The Balaban J connectivity index is 1.94. The van der Waals surface area contributed by atoms with Crippen molar-refractivity contribution in [3.8, 4) is 0 Å².